The van der Waals surface area contributed by atoms with E-state index in [0.717, 1.165) is 51.8 Å². The second kappa shape index (κ2) is 11.3. The zero-order valence-electron chi connectivity index (χ0n) is 17.4. The minimum atomic E-state index is -0.473. The highest BCUT2D eigenvalue weighted by Crippen LogP contribution is 2.17. The summed E-state index contributed by atoms with van der Waals surface area (Å²) < 4.78 is 10.8. The summed E-state index contributed by atoms with van der Waals surface area (Å²) in [5.74, 6) is 0.901. The van der Waals surface area contributed by atoms with Crippen molar-refractivity contribution in [3.05, 3.63) is 0 Å². The number of rotatable bonds is 4. The first-order valence-corrected chi connectivity index (χ1v) is 9.51. The highest BCUT2D eigenvalue weighted by molar-refractivity contribution is 14.0. The average Bonchev–Trinajstić information content (AvgIpc) is 3.07. The zero-order chi connectivity index (χ0) is 19.2. The van der Waals surface area contributed by atoms with E-state index in [1.807, 2.05) is 27.8 Å². The van der Waals surface area contributed by atoms with Crippen molar-refractivity contribution in [2.24, 2.45) is 4.99 Å². The number of halogens is 1. The van der Waals surface area contributed by atoms with Crippen LogP contribution in [0.1, 0.15) is 27.2 Å². The van der Waals surface area contributed by atoms with E-state index in [-0.39, 0.29) is 30.1 Å². The summed E-state index contributed by atoms with van der Waals surface area (Å²) in [5.41, 5.74) is -0.473. The molecule has 27 heavy (non-hydrogen) atoms. The monoisotopic (exact) mass is 497 g/mol. The van der Waals surface area contributed by atoms with Gasteiger partial charge in [0.05, 0.1) is 13.2 Å². The van der Waals surface area contributed by atoms with Gasteiger partial charge in [-0.05, 0) is 27.2 Å². The molecule has 2 aliphatic heterocycles. The molecular weight excluding hydrogens is 461 g/mol. The van der Waals surface area contributed by atoms with Crippen LogP contribution in [0, 0.1) is 0 Å². The smallest absolute Gasteiger partial charge is 0.410 e. The van der Waals surface area contributed by atoms with Gasteiger partial charge in [-0.2, -0.15) is 0 Å². The van der Waals surface area contributed by atoms with Gasteiger partial charge in [-0.15, -0.1) is 24.0 Å². The largest absolute Gasteiger partial charge is 0.444 e. The van der Waals surface area contributed by atoms with Crippen molar-refractivity contribution in [1.29, 1.82) is 0 Å². The van der Waals surface area contributed by atoms with Crippen molar-refractivity contribution in [1.82, 2.24) is 20.0 Å². The third-order valence-electron chi connectivity index (χ3n) is 4.67. The zero-order valence-corrected chi connectivity index (χ0v) is 19.7. The Bertz CT molecular complexity index is 492. The molecule has 2 rings (SSSR count). The minimum Gasteiger partial charge on any atom is -0.444 e. The Hall–Kier alpha value is -0.810. The molecule has 2 heterocycles. The second-order valence-electron chi connectivity index (χ2n) is 7.91. The Morgan fingerprint density at radius 2 is 1.96 bits per heavy atom. The van der Waals surface area contributed by atoms with Crippen LogP contribution in [0.3, 0.4) is 0 Å². The highest BCUT2D eigenvalue weighted by atomic mass is 127. The third-order valence-corrected chi connectivity index (χ3v) is 4.67. The van der Waals surface area contributed by atoms with Crippen molar-refractivity contribution in [2.45, 2.75) is 38.8 Å². The summed E-state index contributed by atoms with van der Waals surface area (Å²) in [6, 6.07) is 0.571. The molecule has 2 fully saturated rings. The summed E-state index contributed by atoms with van der Waals surface area (Å²) in [6.45, 7) is 12.5. The number of carbonyl (C=O) groups is 1. The van der Waals surface area contributed by atoms with Crippen molar-refractivity contribution in [2.75, 3.05) is 66.6 Å². The maximum absolute atomic E-state index is 12.0. The number of morpholine rings is 1. The van der Waals surface area contributed by atoms with E-state index in [2.05, 4.69) is 20.1 Å². The van der Waals surface area contributed by atoms with Gasteiger partial charge in [0.1, 0.15) is 5.60 Å². The van der Waals surface area contributed by atoms with E-state index in [9.17, 15) is 4.79 Å². The van der Waals surface area contributed by atoms with Gasteiger partial charge in [-0.3, -0.25) is 9.89 Å². The molecule has 1 unspecified atom stereocenters. The number of likely N-dealkylation sites (N-methyl/N-ethyl adjacent to an activating group) is 1. The first kappa shape index (κ1) is 24.2. The van der Waals surface area contributed by atoms with Gasteiger partial charge < -0.3 is 24.6 Å². The summed E-state index contributed by atoms with van der Waals surface area (Å²) in [7, 11) is 3.56. The first-order chi connectivity index (χ1) is 12.3. The molecule has 8 nitrogen and oxygen atoms in total. The maximum atomic E-state index is 12.0. The number of nitrogens with zero attached hydrogens (tertiary/aromatic N) is 4. The number of aliphatic imine (C=N–C) groups is 1. The normalized spacial score (nSPS) is 21.6. The Labute approximate surface area is 180 Å². The van der Waals surface area contributed by atoms with Crippen LogP contribution in [0.4, 0.5) is 4.79 Å². The van der Waals surface area contributed by atoms with E-state index in [4.69, 9.17) is 9.47 Å². The molecule has 2 aliphatic rings. The van der Waals surface area contributed by atoms with Gasteiger partial charge >= 0.3 is 6.09 Å². The van der Waals surface area contributed by atoms with Crippen LogP contribution >= 0.6 is 24.0 Å². The molecule has 9 heteroatoms. The molecule has 1 N–H and O–H groups in total. The minimum absolute atomic E-state index is 0. The molecule has 2 saturated heterocycles. The van der Waals surface area contributed by atoms with Crippen LogP contribution < -0.4 is 5.32 Å². The lowest BCUT2D eigenvalue weighted by atomic mass is 10.2. The molecule has 0 spiro atoms. The third kappa shape index (κ3) is 7.98. The van der Waals surface area contributed by atoms with Gasteiger partial charge in [0, 0.05) is 59.4 Å². The molecule has 0 aromatic heterocycles. The molecule has 0 saturated carbocycles. The SMILES string of the molecule is CN=C(NCCN(C)C(=O)OC(C)(C)C)N1CCC(N2CCOCC2)C1.I. The van der Waals surface area contributed by atoms with Gasteiger partial charge in [0.2, 0.25) is 0 Å². The van der Waals surface area contributed by atoms with Gasteiger partial charge in [-0.25, -0.2) is 4.79 Å². The Morgan fingerprint density at radius 3 is 2.56 bits per heavy atom. The molecular formula is C18H36IN5O3. The van der Waals surface area contributed by atoms with E-state index < -0.39 is 5.60 Å². The Kier molecular flexibility index (Phi) is 10.1. The van der Waals surface area contributed by atoms with Crippen LogP contribution in [-0.4, -0.2) is 105 Å². The molecule has 158 valence electrons. The van der Waals surface area contributed by atoms with Gasteiger partial charge in [0.25, 0.3) is 0 Å². The Balaban J connectivity index is 0.00000364. The van der Waals surface area contributed by atoms with Crippen molar-refractivity contribution in [3.8, 4) is 0 Å². The lowest BCUT2D eigenvalue weighted by molar-refractivity contribution is 0.0194. The van der Waals surface area contributed by atoms with Crippen LogP contribution in [0.2, 0.25) is 0 Å². The van der Waals surface area contributed by atoms with Gasteiger partial charge in [-0.1, -0.05) is 0 Å². The van der Waals surface area contributed by atoms with E-state index in [1.165, 1.54) is 0 Å². The van der Waals surface area contributed by atoms with E-state index in [0.29, 0.717) is 19.1 Å². The maximum Gasteiger partial charge on any atom is 0.410 e. The highest BCUT2D eigenvalue weighted by Gasteiger charge is 2.30. The quantitative estimate of drug-likeness (QED) is 0.361. The first-order valence-electron chi connectivity index (χ1n) is 9.51. The predicted molar refractivity (Wildman–Crippen MR) is 118 cm³/mol. The number of likely N-dealkylation sites (tertiary alicyclic amines) is 1. The predicted octanol–water partition coefficient (Wildman–Crippen LogP) is 1.45. The number of hydrogen-bond donors (Lipinski definition) is 1. The fourth-order valence-corrected chi connectivity index (χ4v) is 3.27. The molecule has 1 atom stereocenters. The average molecular weight is 497 g/mol. The molecule has 0 aromatic carbocycles. The van der Waals surface area contributed by atoms with E-state index in [1.54, 1.807) is 11.9 Å². The summed E-state index contributed by atoms with van der Waals surface area (Å²) in [5, 5.41) is 3.37. The fourth-order valence-electron chi connectivity index (χ4n) is 3.27. The number of hydrogen-bond acceptors (Lipinski definition) is 5. The number of ether oxygens (including phenoxy) is 2. The van der Waals surface area contributed by atoms with Crippen LogP contribution in [-0.2, 0) is 9.47 Å². The summed E-state index contributed by atoms with van der Waals surface area (Å²) in [4.78, 5) is 22.8. The lowest BCUT2D eigenvalue weighted by Gasteiger charge is -2.32. The van der Waals surface area contributed by atoms with Crippen LogP contribution in [0.15, 0.2) is 4.99 Å². The van der Waals surface area contributed by atoms with Crippen molar-refractivity contribution >= 4 is 36.0 Å². The molecule has 0 aromatic rings. The number of guanidine groups is 1. The van der Waals surface area contributed by atoms with Crippen LogP contribution in [0.25, 0.3) is 0 Å². The molecule has 0 aliphatic carbocycles. The molecule has 0 bridgehead atoms. The number of amides is 1. The van der Waals surface area contributed by atoms with Crippen molar-refractivity contribution < 1.29 is 14.3 Å². The van der Waals surface area contributed by atoms with Gasteiger partial charge in [0.15, 0.2) is 5.96 Å². The standard InChI is InChI=1S/C18H35N5O3.HI/c1-18(2,3)26-17(24)21(5)9-7-20-16(19-4)23-8-6-15(14-23)22-10-12-25-13-11-22;/h15H,6-14H2,1-5H3,(H,19,20);1H. The summed E-state index contributed by atoms with van der Waals surface area (Å²) >= 11 is 0. The Morgan fingerprint density at radius 1 is 1.30 bits per heavy atom. The topological polar surface area (TPSA) is 69.6 Å². The molecule has 1 amide bonds. The summed E-state index contributed by atoms with van der Waals surface area (Å²) in [6.07, 6.45) is 0.848. The second-order valence-corrected chi connectivity index (χ2v) is 7.91. The number of carbonyl (C=O) groups excluding carboxylic acids is 1. The van der Waals surface area contributed by atoms with Crippen LogP contribution in [0.5, 0.6) is 0 Å². The van der Waals surface area contributed by atoms with E-state index >= 15 is 0 Å². The lowest BCUT2D eigenvalue weighted by Crippen LogP contribution is -2.47. The van der Waals surface area contributed by atoms with Crippen molar-refractivity contribution in [3.63, 3.8) is 0 Å². The fraction of sp³-hybridized carbons (Fsp3) is 0.889. The number of nitrogens with one attached hydrogen (secondary N) is 1. The molecule has 0 radical (unpaired) electrons.